The van der Waals surface area contributed by atoms with Crippen molar-refractivity contribution < 1.29 is 18.3 Å². The number of hydrogen-bond acceptors (Lipinski definition) is 5. The number of aromatic nitrogens is 3. The Bertz CT molecular complexity index is 859. The first-order valence-electron chi connectivity index (χ1n) is 6.56. The molecule has 0 amide bonds. The smallest absolute Gasteiger partial charge is 0.416 e. The number of benzene rings is 1. The van der Waals surface area contributed by atoms with E-state index in [1.807, 2.05) is 0 Å². The molecule has 1 aromatic carbocycles. The third kappa shape index (κ3) is 3.12. The summed E-state index contributed by atoms with van der Waals surface area (Å²) in [6.07, 6.45) is -1.79. The average molecular weight is 323 g/mol. The van der Waals surface area contributed by atoms with Crippen LogP contribution in [-0.2, 0) is 12.7 Å². The molecule has 0 saturated heterocycles. The molecule has 0 aliphatic rings. The van der Waals surface area contributed by atoms with Crippen molar-refractivity contribution in [3.05, 3.63) is 47.9 Å². The van der Waals surface area contributed by atoms with Gasteiger partial charge in [-0.05, 0) is 23.8 Å². The molecule has 0 spiro atoms. The SMILES string of the molecule is Nc1cc(CNc2ncnn3cc(O)cc23)cc(C(F)(F)F)c1. The Morgan fingerprint density at radius 2 is 2.00 bits per heavy atom. The lowest BCUT2D eigenvalue weighted by Crippen LogP contribution is -2.09. The third-order valence-corrected chi connectivity index (χ3v) is 3.19. The predicted octanol–water partition coefficient (Wildman–Crippen LogP) is 2.65. The van der Waals surface area contributed by atoms with Crippen molar-refractivity contribution in [1.82, 2.24) is 14.6 Å². The Morgan fingerprint density at radius 3 is 2.74 bits per heavy atom. The summed E-state index contributed by atoms with van der Waals surface area (Å²) in [7, 11) is 0. The van der Waals surface area contributed by atoms with Crippen LogP contribution in [0.4, 0.5) is 24.7 Å². The van der Waals surface area contributed by atoms with Gasteiger partial charge < -0.3 is 16.2 Å². The van der Waals surface area contributed by atoms with Crippen LogP contribution < -0.4 is 11.1 Å². The van der Waals surface area contributed by atoms with Crippen molar-refractivity contribution in [3.63, 3.8) is 0 Å². The topological polar surface area (TPSA) is 88.5 Å². The second kappa shape index (κ2) is 5.34. The van der Waals surface area contributed by atoms with Gasteiger partial charge in [-0.3, -0.25) is 0 Å². The van der Waals surface area contributed by atoms with Gasteiger partial charge in [-0.2, -0.15) is 18.3 Å². The van der Waals surface area contributed by atoms with Crippen LogP contribution >= 0.6 is 0 Å². The fourth-order valence-corrected chi connectivity index (χ4v) is 2.22. The third-order valence-electron chi connectivity index (χ3n) is 3.19. The largest absolute Gasteiger partial charge is 0.506 e. The predicted molar refractivity (Wildman–Crippen MR) is 77.8 cm³/mol. The Kier molecular flexibility index (Phi) is 3.47. The standard InChI is InChI=1S/C14H12F3N5O/c15-14(16,17)9-1-8(2-10(18)3-9)5-19-13-12-4-11(23)6-22(12)21-7-20-13/h1-4,6-7,23H,5,18H2,(H,19,20,21). The van der Waals surface area contributed by atoms with Gasteiger partial charge in [0.25, 0.3) is 0 Å². The zero-order chi connectivity index (χ0) is 16.6. The highest BCUT2D eigenvalue weighted by Crippen LogP contribution is 2.31. The number of nitrogens with one attached hydrogen (secondary N) is 1. The summed E-state index contributed by atoms with van der Waals surface area (Å²) in [6, 6.07) is 4.81. The number of nitrogens with two attached hydrogens (primary N) is 1. The maximum atomic E-state index is 12.8. The molecule has 2 aromatic heterocycles. The molecule has 0 radical (unpaired) electrons. The number of rotatable bonds is 3. The van der Waals surface area contributed by atoms with E-state index in [9.17, 15) is 18.3 Å². The lowest BCUT2D eigenvalue weighted by molar-refractivity contribution is -0.137. The Balaban J connectivity index is 1.86. The van der Waals surface area contributed by atoms with Crippen LogP contribution in [0.2, 0.25) is 0 Å². The molecule has 0 atom stereocenters. The van der Waals surface area contributed by atoms with Gasteiger partial charge >= 0.3 is 6.18 Å². The number of nitrogen functional groups attached to an aromatic ring is 1. The Hall–Kier alpha value is -2.97. The molecule has 0 aliphatic heterocycles. The van der Waals surface area contributed by atoms with E-state index in [2.05, 4.69) is 15.4 Å². The van der Waals surface area contributed by atoms with Crippen molar-refractivity contribution in [2.24, 2.45) is 0 Å². The number of alkyl halides is 3. The molecule has 2 heterocycles. The number of anilines is 2. The van der Waals surface area contributed by atoms with Gasteiger partial charge in [-0.25, -0.2) is 9.50 Å². The highest BCUT2D eigenvalue weighted by Gasteiger charge is 2.31. The molecular formula is C14H12F3N5O. The molecule has 23 heavy (non-hydrogen) atoms. The first kappa shape index (κ1) is 14.9. The molecule has 0 saturated carbocycles. The molecule has 120 valence electrons. The number of fused-ring (bicyclic) bond motifs is 1. The van der Waals surface area contributed by atoms with Gasteiger partial charge in [0.15, 0.2) is 5.82 Å². The molecule has 0 fully saturated rings. The van der Waals surface area contributed by atoms with Crippen molar-refractivity contribution in [1.29, 1.82) is 0 Å². The first-order chi connectivity index (χ1) is 10.8. The molecule has 6 nitrogen and oxygen atoms in total. The second-order valence-corrected chi connectivity index (χ2v) is 4.95. The van der Waals surface area contributed by atoms with E-state index < -0.39 is 11.7 Å². The van der Waals surface area contributed by atoms with Gasteiger partial charge in [0.1, 0.15) is 17.6 Å². The number of halogens is 3. The van der Waals surface area contributed by atoms with Gasteiger partial charge in [0.05, 0.1) is 11.8 Å². The van der Waals surface area contributed by atoms with Crippen molar-refractivity contribution >= 4 is 17.0 Å². The van der Waals surface area contributed by atoms with Gasteiger partial charge in [0.2, 0.25) is 0 Å². The summed E-state index contributed by atoms with van der Waals surface area (Å²) in [5, 5.41) is 16.3. The van der Waals surface area contributed by atoms with E-state index in [0.29, 0.717) is 16.9 Å². The molecule has 3 rings (SSSR count). The summed E-state index contributed by atoms with van der Waals surface area (Å²) in [5.41, 5.74) is 5.63. The van der Waals surface area contributed by atoms with Gasteiger partial charge in [0, 0.05) is 18.3 Å². The van der Waals surface area contributed by atoms with E-state index in [1.54, 1.807) is 0 Å². The highest BCUT2D eigenvalue weighted by atomic mass is 19.4. The fourth-order valence-electron chi connectivity index (χ4n) is 2.22. The van der Waals surface area contributed by atoms with Crippen LogP contribution in [-0.4, -0.2) is 19.7 Å². The highest BCUT2D eigenvalue weighted by molar-refractivity contribution is 5.69. The molecular weight excluding hydrogens is 311 g/mol. The lowest BCUT2D eigenvalue weighted by Gasteiger charge is -2.12. The summed E-state index contributed by atoms with van der Waals surface area (Å²) >= 11 is 0. The minimum Gasteiger partial charge on any atom is -0.506 e. The maximum Gasteiger partial charge on any atom is 0.416 e. The van der Waals surface area contributed by atoms with Crippen LogP contribution in [0.1, 0.15) is 11.1 Å². The summed E-state index contributed by atoms with van der Waals surface area (Å²) < 4.78 is 39.8. The molecule has 0 aliphatic carbocycles. The van der Waals surface area contributed by atoms with E-state index >= 15 is 0 Å². The van der Waals surface area contributed by atoms with Gasteiger partial charge in [-0.15, -0.1) is 0 Å². The fraction of sp³-hybridized carbons (Fsp3) is 0.143. The molecule has 3 aromatic rings. The van der Waals surface area contributed by atoms with Crippen LogP contribution in [0.3, 0.4) is 0 Å². The zero-order valence-electron chi connectivity index (χ0n) is 11.7. The number of nitrogens with zero attached hydrogens (tertiary/aromatic N) is 3. The van der Waals surface area contributed by atoms with E-state index in [0.717, 1.165) is 12.1 Å². The van der Waals surface area contributed by atoms with E-state index in [1.165, 1.54) is 29.2 Å². The summed E-state index contributed by atoms with van der Waals surface area (Å²) in [5.74, 6) is 0.396. The molecule has 4 N–H and O–H groups in total. The van der Waals surface area contributed by atoms with Crippen LogP contribution in [0.25, 0.3) is 5.52 Å². The first-order valence-corrected chi connectivity index (χ1v) is 6.56. The van der Waals surface area contributed by atoms with Gasteiger partial charge in [-0.1, -0.05) is 0 Å². The van der Waals surface area contributed by atoms with Crippen LogP contribution in [0.15, 0.2) is 36.8 Å². The second-order valence-electron chi connectivity index (χ2n) is 4.95. The normalized spacial score (nSPS) is 11.8. The monoisotopic (exact) mass is 323 g/mol. The molecule has 9 heteroatoms. The Labute approximate surface area is 128 Å². The number of aromatic hydroxyl groups is 1. The minimum absolute atomic E-state index is 0.0110. The zero-order valence-corrected chi connectivity index (χ0v) is 11.7. The van der Waals surface area contributed by atoms with E-state index in [4.69, 9.17) is 5.73 Å². The number of hydrogen-bond donors (Lipinski definition) is 3. The van der Waals surface area contributed by atoms with Crippen molar-refractivity contribution in [3.8, 4) is 5.75 Å². The average Bonchev–Trinajstić information content (AvgIpc) is 2.84. The van der Waals surface area contributed by atoms with Crippen LogP contribution in [0, 0.1) is 0 Å². The summed E-state index contributed by atoms with van der Waals surface area (Å²) in [4.78, 5) is 4.02. The Morgan fingerprint density at radius 1 is 1.22 bits per heavy atom. The van der Waals surface area contributed by atoms with Crippen molar-refractivity contribution in [2.45, 2.75) is 12.7 Å². The van der Waals surface area contributed by atoms with Crippen molar-refractivity contribution in [2.75, 3.05) is 11.1 Å². The summed E-state index contributed by atoms with van der Waals surface area (Å²) in [6.45, 7) is 0.0900. The van der Waals surface area contributed by atoms with Crippen LogP contribution in [0.5, 0.6) is 5.75 Å². The maximum absolute atomic E-state index is 12.8. The quantitative estimate of drug-likeness (QED) is 0.645. The molecule has 0 unspecified atom stereocenters. The minimum atomic E-state index is -4.46. The lowest BCUT2D eigenvalue weighted by atomic mass is 10.1. The van der Waals surface area contributed by atoms with E-state index in [-0.39, 0.29) is 18.0 Å². The molecule has 0 bridgehead atoms.